The monoisotopic (exact) mass is 228 g/mol. The van der Waals surface area contributed by atoms with E-state index >= 15 is 0 Å². The smallest absolute Gasteiger partial charge is 0.134 e. The second kappa shape index (κ2) is 5.72. The molecule has 0 unspecified atom stereocenters. The van der Waals surface area contributed by atoms with Crippen molar-refractivity contribution in [2.75, 3.05) is 0 Å². The zero-order chi connectivity index (χ0) is 12.1. The Balaban J connectivity index is 2.32. The second-order valence-electron chi connectivity index (χ2n) is 4.45. The number of furan rings is 1. The van der Waals surface area contributed by atoms with Crippen molar-refractivity contribution < 1.29 is 4.42 Å². The maximum atomic E-state index is 5.95. The molecule has 0 saturated heterocycles. The highest BCUT2D eigenvalue weighted by atomic mass is 16.3. The van der Waals surface area contributed by atoms with Gasteiger partial charge in [-0.1, -0.05) is 44.0 Å². The van der Waals surface area contributed by atoms with E-state index in [1.165, 1.54) is 30.2 Å². The molecule has 0 fully saturated rings. The molecule has 0 aliphatic rings. The molecule has 0 radical (unpaired) electrons. The summed E-state index contributed by atoms with van der Waals surface area (Å²) in [5, 5.41) is 1.25. The van der Waals surface area contributed by atoms with E-state index < -0.39 is 0 Å². The van der Waals surface area contributed by atoms with Crippen molar-refractivity contribution in [3.05, 3.63) is 48.2 Å². The predicted octanol–water partition coefficient (Wildman–Crippen LogP) is 4.89. The van der Waals surface area contributed by atoms with Crippen LogP contribution in [0.5, 0.6) is 0 Å². The third kappa shape index (κ3) is 2.60. The molecule has 2 aromatic rings. The maximum absolute atomic E-state index is 5.95. The summed E-state index contributed by atoms with van der Waals surface area (Å²) >= 11 is 0. The lowest BCUT2D eigenvalue weighted by Crippen LogP contribution is -1.89. The van der Waals surface area contributed by atoms with Gasteiger partial charge in [0.15, 0.2) is 0 Å². The molecule has 0 N–H and O–H groups in total. The summed E-state index contributed by atoms with van der Waals surface area (Å²) < 4.78 is 5.95. The molecule has 0 atom stereocenters. The van der Waals surface area contributed by atoms with Gasteiger partial charge in [-0.15, -0.1) is 6.58 Å². The molecule has 2 rings (SSSR count). The fourth-order valence-corrected chi connectivity index (χ4v) is 2.26. The third-order valence-electron chi connectivity index (χ3n) is 3.14. The first-order chi connectivity index (χ1) is 8.36. The zero-order valence-electron chi connectivity index (χ0n) is 10.5. The highest BCUT2D eigenvalue weighted by Crippen LogP contribution is 2.27. The molecule has 0 aliphatic carbocycles. The Kier molecular flexibility index (Phi) is 4.03. The average molecular weight is 228 g/mol. The van der Waals surface area contributed by atoms with Crippen molar-refractivity contribution >= 4 is 11.0 Å². The fourth-order valence-electron chi connectivity index (χ4n) is 2.26. The summed E-state index contributed by atoms with van der Waals surface area (Å²) in [5.74, 6) is 1.15. The fraction of sp³-hybridized carbons (Fsp3) is 0.375. The van der Waals surface area contributed by atoms with E-state index in [4.69, 9.17) is 4.42 Å². The highest BCUT2D eigenvalue weighted by molar-refractivity contribution is 5.82. The van der Waals surface area contributed by atoms with Gasteiger partial charge >= 0.3 is 0 Å². The summed E-state index contributed by atoms with van der Waals surface area (Å²) in [6.45, 7) is 6.06. The number of para-hydroxylation sites is 1. The van der Waals surface area contributed by atoms with Crippen LogP contribution in [-0.2, 0) is 12.8 Å². The predicted molar refractivity (Wildman–Crippen MR) is 73.3 cm³/mol. The van der Waals surface area contributed by atoms with Crippen LogP contribution in [0.25, 0.3) is 11.0 Å². The van der Waals surface area contributed by atoms with E-state index in [-0.39, 0.29) is 0 Å². The molecule has 0 aliphatic heterocycles. The van der Waals surface area contributed by atoms with Gasteiger partial charge in [0.2, 0.25) is 0 Å². The van der Waals surface area contributed by atoms with Crippen molar-refractivity contribution in [3.63, 3.8) is 0 Å². The van der Waals surface area contributed by atoms with Crippen LogP contribution in [0.3, 0.4) is 0 Å². The topological polar surface area (TPSA) is 13.1 Å². The van der Waals surface area contributed by atoms with E-state index in [1.54, 1.807) is 0 Å². The Hall–Kier alpha value is -1.50. The van der Waals surface area contributed by atoms with Crippen LogP contribution in [0.1, 0.15) is 37.5 Å². The van der Waals surface area contributed by atoms with E-state index in [0.717, 1.165) is 24.2 Å². The lowest BCUT2D eigenvalue weighted by atomic mass is 10.0. The first kappa shape index (κ1) is 12.0. The summed E-state index contributed by atoms with van der Waals surface area (Å²) in [4.78, 5) is 0. The molecule has 0 spiro atoms. The number of unbranched alkanes of at least 4 members (excludes halogenated alkanes) is 2. The van der Waals surface area contributed by atoms with Crippen LogP contribution in [-0.4, -0.2) is 0 Å². The van der Waals surface area contributed by atoms with Gasteiger partial charge in [0.25, 0.3) is 0 Å². The number of fused-ring (bicyclic) bond motifs is 1. The van der Waals surface area contributed by atoms with Crippen molar-refractivity contribution in [1.29, 1.82) is 0 Å². The molecular formula is C16H20O. The summed E-state index contributed by atoms with van der Waals surface area (Å²) in [6.07, 6.45) is 7.63. The number of benzene rings is 1. The van der Waals surface area contributed by atoms with Crippen molar-refractivity contribution in [1.82, 2.24) is 0 Å². The standard InChI is InChI=1S/C16H20O/c1-3-5-6-11-15-13(9-4-2)14-10-7-8-12-16(14)17-15/h4,7-8,10,12H,2-3,5-6,9,11H2,1H3. The Morgan fingerprint density at radius 1 is 1.24 bits per heavy atom. The molecule has 1 nitrogen and oxygen atoms in total. The number of hydrogen-bond donors (Lipinski definition) is 0. The van der Waals surface area contributed by atoms with Crippen molar-refractivity contribution in [2.24, 2.45) is 0 Å². The second-order valence-corrected chi connectivity index (χ2v) is 4.45. The van der Waals surface area contributed by atoms with Gasteiger partial charge in [-0.05, 0) is 18.9 Å². The van der Waals surface area contributed by atoms with Gasteiger partial charge in [-0.2, -0.15) is 0 Å². The molecule has 0 bridgehead atoms. The first-order valence-corrected chi connectivity index (χ1v) is 6.47. The van der Waals surface area contributed by atoms with Gasteiger partial charge in [0.05, 0.1) is 0 Å². The minimum absolute atomic E-state index is 0.901. The quantitative estimate of drug-likeness (QED) is 0.506. The number of rotatable bonds is 6. The molecule has 17 heavy (non-hydrogen) atoms. The summed E-state index contributed by atoms with van der Waals surface area (Å²) in [6, 6.07) is 8.28. The molecule has 0 amide bonds. The molecule has 90 valence electrons. The van der Waals surface area contributed by atoms with Crippen LogP contribution < -0.4 is 0 Å². The maximum Gasteiger partial charge on any atom is 0.134 e. The van der Waals surface area contributed by atoms with Crippen molar-refractivity contribution in [2.45, 2.75) is 39.0 Å². The van der Waals surface area contributed by atoms with E-state index in [0.29, 0.717) is 0 Å². The number of aryl methyl sites for hydroxylation is 1. The van der Waals surface area contributed by atoms with Gasteiger partial charge < -0.3 is 4.42 Å². The Bertz CT molecular complexity index is 493. The minimum atomic E-state index is 0.901. The third-order valence-corrected chi connectivity index (χ3v) is 3.14. The average Bonchev–Trinajstić information content (AvgIpc) is 2.69. The lowest BCUT2D eigenvalue weighted by Gasteiger charge is -1.99. The Labute approximate surface area is 103 Å². The Morgan fingerprint density at radius 3 is 2.82 bits per heavy atom. The van der Waals surface area contributed by atoms with Gasteiger partial charge in [-0.3, -0.25) is 0 Å². The number of hydrogen-bond acceptors (Lipinski definition) is 1. The zero-order valence-corrected chi connectivity index (χ0v) is 10.5. The van der Waals surface area contributed by atoms with Crippen LogP contribution in [0.4, 0.5) is 0 Å². The molecule has 1 heterocycles. The van der Waals surface area contributed by atoms with Gasteiger partial charge in [-0.25, -0.2) is 0 Å². The summed E-state index contributed by atoms with van der Waals surface area (Å²) in [7, 11) is 0. The van der Waals surface area contributed by atoms with E-state index in [2.05, 4.69) is 25.6 Å². The molecular weight excluding hydrogens is 208 g/mol. The molecule has 1 aromatic carbocycles. The first-order valence-electron chi connectivity index (χ1n) is 6.47. The van der Waals surface area contributed by atoms with Crippen LogP contribution in [0.15, 0.2) is 41.3 Å². The lowest BCUT2D eigenvalue weighted by molar-refractivity contribution is 0.526. The number of allylic oxidation sites excluding steroid dienone is 1. The largest absolute Gasteiger partial charge is 0.461 e. The van der Waals surface area contributed by atoms with Gasteiger partial charge in [0.1, 0.15) is 11.3 Å². The normalized spacial score (nSPS) is 10.9. The Morgan fingerprint density at radius 2 is 2.06 bits per heavy atom. The van der Waals surface area contributed by atoms with Crippen LogP contribution in [0, 0.1) is 0 Å². The van der Waals surface area contributed by atoms with E-state index in [1.807, 2.05) is 18.2 Å². The van der Waals surface area contributed by atoms with E-state index in [9.17, 15) is 0 Å². The molecule has 1 heteroatoms. The molecule has 0 saturated carbocycles. The molecule has 1 aromatic heterocycles. The minimum Gasteiger partial charge on any atom is -0.461 e. The van der Waals surface area contributed by atoms with Crippen LogP contribution in [0.2, 0.25) is 0 Å². The van der Waals surface area contributed by atoms with Crippen molar-refractivity contribution in [3.8, 4) is 0 Å². The van der Waals surface area contributed by atoms with Crippen LogP contribution >= 0.6 is 0 Å². The highest BCUT2D eigenvalue weighted by Gasteiger charge is 2.11. The summed E-state index contributed by atoms with van der Waals surface area (Å²) in [5.41, 5.74) is 2.34. The SMILES string of the molecule is C=CCc1c(CCCCC)oc2ccccc12. The van der Waals surface area contributed by atoms with Gasteiger partial charge in [0, 0.05) is 17.4 Å².